The highest BCUT2D eigenvalue weighted by Gasteiger charge is 2.32. The van der Waals surface area contributed by atoms with Gasteiger partial charge in [-0.1, -0.05) is 6.07 Å². The van der Waals surface area contributed by atoms with Crippen molar-refractivity contribution in [2.24, 2.45) is 0 Å². The quantitative estimate of drug-likeness (QED) is 0.807. The summed E-state index contributed by atoms with van der Waals surface area (Å²) in [4.78, 5) is 12.7. The Morgan fingerprint density at radius 1 is 1.10 bits per heavy atom. The van der Waals surface area contributed by atoms with Crippen LogP contribution in [-0.4, -0.2) is 51.0 Å². The zero-order valence-electron chi connectivity index (χ0n) is 17.0. The van der Waals surface area contributed by atoms with Gasteiger partial charge in [0.05, 0.1) is 24.2 Å². The van der Waals surface area contributed by atoms with Crippen LogP contribution in [0.4, 0.5) is 5.69 Å². The molecule has 1 aliphatic rings. The Labute approximate surface area is 171 Å². The summed E-state index contributed by atoms with van der Waals surface area (Å²) in [6.45, 7) is 6.25. The minimum absolute atomic E-state index is 0.154. The summed E-state index contributed by atoms with van der Waals surface area (Å²) in [5.74, 6) is 0.336. The Hall–Kier alpha value is -2.42. The first-order valence-corrected chi connectivity index (χ1v) is 10.9. The molecule has 1 fully saturated rings. The molecule has 1 amide bonds. The lowest BCUT2D eigenvalue weighted by molar-refractivity contribution is -0.0440. The van der Waals surface area contributed by atoms with Crippen LogP contribution in [0.5, 0.6) is 5.75 Å². The van der Waals surface area contributed by atoms with E-state index >= 15 is 0 Å². The second kappa shape index (κ2) is 8.52. The molecule has 0 radical (unpaired) electrons. The van der Waals surface area contributed by atoms with Crippen molar-refractivity contribution >= 4 is 21.6 Å². The number of carbonyl (C=O) groups is 1. The fourth-order valence-electron chi connectivity index (χ4n) is 3.35. The van der Waals surface area contributed by atoms with Crippen molar-refractivity contribution in [3.05, 3.63) is 53.6 Å². The number of nitrogens with one attached hydrogen (secondary N) is 1. The summed E-state index contributed by atoms with van der Waals surface area (Å²) < 4.78 is 38.1. The number of sulfonamides is 1. The van der Waals surface area contributed by atoms with Gasteiger partial charge in [-0.3, -0.25) is 4.79 Å². The Morgan fingerprint density at radius 2 is 1.72 bits per heavy atom. The lowest BCUT2D eigenvalue weighted by atomic mass is 10.1. The van der Waals surface area contributed by atoms with E-state index in [2.05, 4.69) is 5.32 Å². The predicted octanol–water partition coefficient (Wildman–Crippen LogP) is 3.05. The zero-order valence-corrected chi connectivity index (χ0v) is 17.8. The molecule has 0 bridgehead atoms. The van der Waals surface area contributed by atoms with Crippen molar-refractivity contribution < 1.29 is 22.7 Å². The number of ether oxygens (including phenoxy) is 2. The van der Waals surface area contributed by atoms with Crippen molar-refractivity contribution in [3.63, 3.8) is 0 Å². The van der Waals surface area contributed by atoms with Crippen LogP contribution in [0.2, 0.25) is 0 Å². The van der Waals surface area contributed by atoms with Crippen molar-refractivity contribution in [2.75, 3.05) is 25.5 Å². The molecular formula is C21H26N2O5S. The van der Waals surface area contributed by atoms with Crippen LogP contribution in [0.25, 0.3) is 0 Å². The Balaban J connectivity index is 1.74. The molecule has 2 aromatic carbocycles. The Kier molecular flexibility index (Phi) is 6.26. The average Bonchev–Trinajstić information content (AvgIpc) is 2.68. The molecule has 29 heavy (non-hydrogen) atoms. The van der Waals surface area contributed by atoms with E-state index in [4.69, 9.17) is 9.47 Å². The third-order valence-corrected chi connectivity index (χ3v) is 6.65. The van der Waals surface area contributed by atoms with Crippen LogP contribution in [-0.2, 0) is 14.8 Å². The average molecular weight is 419 g/mol. The minimum Gasteiger partial charge on any atom is -0.496 e. The molecular weight excluding hydrogens is 392 g/mol. The molecule has 1 heterocycles. The van der Waals surface area contributed by atoms with Crippen molar-refractivity contribution in [3.8, 4) is 5.75 Å². The number of rotatable bonds is 5. The van der Waals surface area contributed by atoms with E-state index in [1.165, 1.54) is 16.4 Å². The third kappa shape index (κ3) is 4.77. The number of hydrogen-bond acceptors (Lipinski definition) is 5. The van der Waals surface area contributed by atoms with Crippen LogP contribution in [0.1, 0.15) is 29.8 Å². The van der Waals surface area contributed by atoms with E-state index in [1.807, 2.05) is 26.8 Å². The summed E-state index contributed by atoms with van der Waals surface area (Å²) >= 11 is 0. The summed E-state index contributed by atoms with van der Waals surface area (Å²) in [6.07, 6.45) is -0.308. The molecule has 2 aromatic rings. The monoisotopic (exact) mass is 418 g/mol. The number of hydrogen-bond donors (Lipinski definition) is 1. The van der Waals surface area contributed by atoms with Gasteiger partial charge in [-0.15, -0.1) is 0 Å². The van der Waals surface area contributed by atoms with Gasteiger partial charge in [0.2, 0.25) is 10.0 Å². The smallest absolute Gasteiger partial charge is 0.255 e. The van der Waals surface area contributed by atoms with Crippen LogP contribution in [0, 0.1) is 6.92 Å². The molecule has 1 N–H and O–H groups in total. The van der Waals surface area contributed by atoms with Gasteiger partial charge in [-0.05, 0) is 62.7 Å². The number of anilines is 1. The summed E-state index contributed by atoms with van der Waals surface area (Å²) in [7, 11) is -2.06. The van der Waals surface area contributed by atoms with E-state index in [0.29, 0.717) is 30.1 Å². The highest BCUT2D eigenvalue weighted by Crippen LogP contribution is 2.23. The largest absolute Gasteiger partial charge is 0.496 e. The van der Waals surface area contributed by atoms with Crippen molar-refractivity contribution in [2.45, 2.75) is 37.9 Å². The second-order valence-electron chi connectivity index (χ2n) is 7.24. The van der Waals surface area contributed by atoms with E-state index in [1.54, 1.807) is 31.4 Å². The van der Waals surface area contributed by atoms with Gasteiger partial charge in [-0.25, -0.2) is 8.42 Å². The maximum absolute atomic E-state index is 12.9. The molecule has 8 heteroatoms. The molecule has 1 aliphatic heterocycles. The molecule has 0 spiro atoms. The molecule has 0 saturated carbocycles. The number of morpholine rings is 1. The number of aryl methyl sites for hydroxylation is 1. The molecule has 0 aromatic heterocycles. The van der Waals surface area contributed by atoms with Gasteiger partial charge in [0.15, 0.2) is 0 Å². The highest BCUT2D eigenvalue weighted by atomic mass is 32.2. The lowest BCUT2D eigenvalue weighted by Gasteiger charge is -2.34. The first-order valence-electron chi connectivity index (χ1n) is 9.42. The van der Waals surface area contributed by atoms with Gasteiger partial charge in [0, 0.05) is 24.3 Å². The number of amides is 1. The standard InChI is InChI=1S/C21H26N2O5S/c1-14-5-6-17(11-20(14)27-4)21(24)22-18-7-9-19(10-8-18)29(25,26)23-12-15(2)28-16(3)13-23/h5-11,15-16H,12-13H2,1-4H3,(H,22,24)/t15-,16-/m1/s1. The van der Waals surface area contributed by atoms with E-state index in [-0.39, 0.29) is 23.0 Å². The third-order valence-electron chi connectivity index (χ3n) is 4.81. The number of benzene rings is 2. The number of methoxy groups -OCH3 is 1. The van der Waals surface area contributed by atoms with Crippen LogP contribution in [0.3, 0.4) is 0 Å². The van der Waals surface area contributed by atoms with Crippen LogP contribution in [0.15, 0.2) is 47.4 Å². The fourth-order valence-corrected chi connectivity index (χ4v) is 4.94. The van der Waals surface area contributed by atoms with Gasteiger partial charge in [0.1, 0.15) is 5.75 Å². The predicted molar refractivity (Wildman–Crippen MR) is 111 cm³/mol. The Morgan fingerprint density at radius 3 is 2.31 bits per heavy atom. The normalized spacial score (nSPS) is 20.3. The first-order chi connectivity index (χ1) is 13.7. The highest BCUT2D eigenvalue weighted by molar-refractivity contribution is 7.89. The van der Waals surface area contributed by atoms with Crippen molar-refractivity contribution in [1.82, 2.24) is 4.31 Å². The van der Waals surface area contributed by atoms with Gasteiger partial charge >= 0.3 is 0 Å². The van der Waals surface area contributed by atoms with E-state index in [0.717, 1.165) is 5.56 Å². The second-order valence-corrected chi connectivity index (χ2v) is 9.18. The van der Waals surface area contributed by atoms with Gasteiger partial charge in [-0.2, -0.15) is 4.31 Å². The topological polar surface area (TPSA) is 84.9 Å². The molecule has 0 aliphatic carbocycles. The molecule has 0 unspecified atom stereocenters. The fraction of sp³-hybridized carbons (Fsp3) is 0.381. The minimum atomic E-state index is -3.61. The van der Waals surface area contributed by atoms with Crippen LogP contribution >= 0.6 is 0 Å². The maximum Gasteiger partial charge on any atom is 0.255 e. The lowest BCUT2D eigenvalue weighted by Crippen LogP contribution is -2.48. The number of carbonyl (C=O) groups excluding carboxylic acids is 1. The Bertz CT molecular complexity index is 979. The molecule has 1 saturated heterocycles. The SMILES string of the molecule is COc1cc(C(=O)Nc2ccc(S(=O)(=O)N3C[C@@H](C)O[C@H](C)C3)cc2)ccc1C. The first kappa shape index (κ1) is 21.3. The summed E-state index contributed by atoms with van der Waals surface area (Å²) in [6, 6.07) is 11.4. The van der Waals surface area contributed by atoms with E-state index < -0.39 is 10.0 Å². The molecule has 156 valence electrons. The maximum atomic E-state index is 12.9. The van der Waals surface area contributed by atoms with Crippen LogP contribution < -0.4 is 10.1 Å². The van der Waals surface area contributed by atoms with E-state index in [9.17, 15) is 13.2 Å². The summed E-state index contributed by atoms with van der Waals surface area (Å²) in [5, 5.41) is 2.78. The van der Waals surface area contributed by atoms with Gasteiger partial charge < -0.3 is 14.8 Å². The molecule has 7 nitrogen and oxygen atoms in total. The zero-order chi connectivity index (χ0) is 21.2. The van der Waals surface area contributed by atoms with Gasteiger partial charge in [0.25, 0.3) is 5.91 Å². The van der Waals surface area contributed by atoms with Crippen molar-refractivity contribution in [1.29, 1.82) is 0 Å². The molecule has 3 rings (SSSR count). The molecule has 2 atom stereocenters. The summed E-state index contributed by atoms with van der Waals surface area (Å²) in [5.41, 5.74) is 1.91. The number of nitrogens with zero attached hydrogens (tertiary/aromatic N) is 1.